The van der Waals surface area contributed by atoms with Crippen LogP contribution in [0.1, 0.15) is 12.8 Å². The molecule has 0 radical (unpaired) electrons. The zero-order valence-electron chi connectivity index (χ0n) is 8.61. The summed E-state index contributed by atoms with van der Waals surface area (Å²) in [4.78, 5) is 23.8. The van der Waals surface area contributed by atoms with Gasteiger partial charge in [0.1, 0.15) is 0 Å². The molecule has 1 unspecified atom stereocenters. The van der Waals surface area contributed by atoms with Crippen LogP contribution in [0.4, 0.5) is 0 Å². The van der Waals surface area contributed by atoms with Crippen LogP contribution in [0.3, 0.4) is 0 Å². The quantitative estimate of drug-likeness (QED) is 0.480. The number of hydrogen-bond acceptors (Lipinski definition) is 5. The van der Waals surface area contributed by atoms with Crippen LogP contribution < -0.4 is 0 Å². The molecule has 0 amide bonds. The van der Waals surface area contributed by atoms with E-state index in [2.05, 4.69) is 4.74 Å². The Balaban J connectivity index is 1.73. The van der Waals surface area contributed by atoms with Gasteiger partial charge in [0.2, 0.25) is 0 Å². The Labute approximate surface area is 88.3 Å². The zero-order valence-corrected chi connectivity index (χ0v) is 8.61. The van der Waals surface area contributed by atoms with Gasteiger partial charge in [-0.2, -0.15) is 0 Å². The van der Waals surface area contributed by atoms with Gasteiger partial charge in [0.05, 0.1) is 13.1 Å². The summed E-state index contributed by atoms with van der Waals surface area (Å²) in [6.45, 7) is 2.89. The number of hydrogen-bond donors (Lipinski definition) is 0. The standard InChI is InChI=1S/C10H15NO4/c12-9-5-11(6-10(13)15-9)3-1-8-2-4-14-7-8/h8H,1-7H2. The molecule has 84 valence electrons. The van der Waals surface area contributed by atoms with E-state index in [-0.39, 0.29) is 13.1 Å². The van der Waals surface area contributed by atoms with Gasteiger partial charge in [-0.1, -0.05) is 0 Å². The normalized spacial score (nSPS) is 28.1. The molecule has 2 fully saturated rings. The molecule has 2 heterocycles. The Morgan fingerprint density at radius 3 is 2.60 bits per heavy atom. The number of rotatable bonds is 3. The Hall–Kier alpha value is -0.940. The molecule has 15 heavy (non-hydrogen) atoms. The van der Waals surface area contributed by atoms with Crippen LogP contribution >= 0.6 is 0 Å². The predicted octanol–water partition coefficient (Wildman–Crippen LogP) is -0.202. The first-order valence-corrected chi connectivity index (χ1v) is 5.27. The lowest BCUT2D eigenvalue weighted by molar-refractivity contribution is -0.166. The van der Waals surface area contributed by atoms with E-state index in [1.165, 1.54) is 0 Å². The molecule has 2 aliphatic rings. The van der Waals surface area contributed by atoms with E-state index in [0.717, 1.165) is 32.6 Å². The van der Waals surface area contributed by atoms with Crippen molar-refractivity contribution in [1.29, 1.82) is 0 Å². The highest BCUT2D eigenvalue weighted by Crippen LogP contribution is 2.17. The number of nitrogens with zero attached hydrogens (tertiary/aromatic N) is 1. The van der Waals surface area contributed by atoms with E-state index in [1.807, 2.05) is 4.90 Å². The number of esters is 2. The minimum absolute atomic E-state index is 0.235. The monoisotopic (exact) mass is 213 g/mol. The van der Waals surface area contributed by atoms with Crippen LogP contribution in [0.15, 0.2) is 0 Å². The SMILES string of the molecule is O=C1CN(CCC2CCOC2)CC(=O)O1. The highest BCUT2D eigenvalue weighted by molar-refractivity contribution is 5.90. The van der Waals surface area contributed by atoms with Gasteiger partial charge in [0.25, 0.3) is 0 Å². The van der Waals surface area contributed by atoms with Gasteiger partial charge in [-0.25, -0.2) is 0 Å². The molecule has 0 saturated carbocycles. The second-order valence-electron chi connectivity index (χ2n) is 4.08. The fraction of sp³-hybridized carbons (Fsp3) is 0.800. The molecule has 2 saturated heterocycles. The molecular formula is C10H15NO4. The Morgan fingerprint density at radius 1 is 1.27 bits per heavy atom. The molecule has 0 aliphatic carbocycles. The summed E-state index contributed by atoms with van der Waals surface area (Å²) in [5.41, 5.74) is 0. The maximum absolute atomic E-state index is 11.0. The topological polar surface area (TPSA) is 55.8 Å². The van der Waals surface area contributed by atoms with E-state index in [9.17, 15) is 9.59 Å². The van der Waals surface area contributed by atoms with E-state index < -0.39 is 11.9 Å². The molecule has 0 aromatic carbocycles. The van der Waals surface area contributed by atoms with Crippen molar-refractivity contribution >= 4 is 11.9 Å². The molecular weight excluding hydrogens is 198 g/mol. The molecule has 5 nitrogen and oxygen atoms in total. The van der Waals surface area contributed by atoms with Crippen LogP contribution in [0.2, 0.25) is 0 Å². The second kappa shape index (κ2) is 4.72. The van der Waals surface area contributed by atoms with Crippen LogP contribution in [0.5, 0.6) is 0 Å². The molecule has 2 rings (SSSR count). The van der Waals surface area contributed by atoms with Crippen molar-refractivity contribution < 1.29 is 19.1 Å². The summed E-state index contributed by atoms with van der Waals surface area (Å²) < 4.78 is 9.71. The first-order valence-electron chi connectivity index (χ1n) is 5.27. The van der Waals surface area contributed by atoms with Crippen molar-refractivity contribution in [3.8, 4) is 0 Å². The molecule has 5 heteroatoms. The summed E-state index contributed by atoms with van der Waals surface area (Å²) in [5, 5.41) is 0. The van der Waals surface area contributed by atoms with Gasteiger partial charge in [-0.3, -0.25) is 14.5 Å². The van der Waals surface area contributed by atoms with Crippen molar-refractivity contribution in [1.82, 2.24) is 4.90 Å². The summed E-state index contributed by atoms with van der Waals surface area (Å²) in [6, 6.07) is 0. The average Bonchev–Trinajstić information content (AvgIpc) is 2.65. The third kappa shape index (κ3) is 3.00. The van der Waals surface area contributed by atoms with Crippen LogP contribution in [0.25, 0.3) is 0 Å². The molecule has 0 bridgehead atoms. The lowest BCUT2D eigenvalue weighted by Gasteiger charge is -2.24. The third-order valence-electron chi connectivity index (χ3n) is 2.81. The second-order valence-corrected chi connectivity index (χ2v) is 4.08. The van der Waals surface area contributed by atoms with E-state index in [4.69, 9.17) is 4.74 Å². The molecule has 0 aromatic rings. The van der Waals surface area contributed by atoms with Gasteiger partial charge >= 0.3 is 11.9 Å². The van der Waals surface area contributed by atoms with Crippen molar-refractivity contribution in [2.75, 3.05) is 32.8 Å². The van der Waals surface area contributed by atoms with Crippen LogP contribution in [0, 0.1) is 5.92 Å². The Kier molecular flexibility index (Phi) is 3.33. The van der Waals surface area contributed by atoms with Crippen molar-refractivity contribution in [2.24, 2.45) is 5.92 Å². The fourth-order valence-electron chi connectivity index (χ4n) is 1.95. The van der Waals surface area contributed by atoms with Gasteiger partial charge in [-0.15, -0.1) is 0 Å². The highest BCUT2D eigenvalue weighted by Gasteiger charge is 2.25. The number of ether oxygens (including phenoxy) is 2. The number of morpholine rings is 1. The molecule has 0 spiro atoms. The van der Waals surface area contributed by atoms with E-state index in [1.54, 1.807) is 0 Å². The third-order valence-corrected chi connectivity index (χ3v) is 2.81. The lowest BCUT2D eigenvalue weighted by Crippen LogP contribution is -2.43. The van der Waals surface area contributed by atoms with Gasteiger partial charge in [0.15, 0.2) is 0 Å². The minimum Gasteiger partial charge on any atom is -0.391 e. The smallest absolute Gasteiger partial charge is 0.327 e. The first-order chi connectivity index (χ1) is 7.24. The van der Waals surface area contributed by atoms with Gasteiger partial charge < -0.3 is 9.47 Å². The largest absolute Gasteiger partial charge is 0.391 e. The Bertz CT molecular complexity index is 244. The fourth-order valence-corrected chi connectivity index (χ4v) is 1.95. The van der Waals surface area contributed by atoms with Crippen molar-refractivity contribution in [3.63, 3.8) is 0 Å². The maximum atomic E-state index is 11.0. The van der Waals surface area contributed by atoms with Gasteiger partial charge in [-0.05, 0) is 25.3 Å². The van der Waals surface area contributed by atoms with E-state index >= 15 is 0 Å². The van der Waals surface area contributed by atoms with Crippen molar-refractivity contribution in [2.45, 2.75) is 12.8 Å². The summed E-state index contributed by atoms with van der Waals surface area (Å²) >= 11 is 0. The molecule has 2 aliphatic heterocycles. The minimum atomic E-state index is -0.436. The van der Waals surface area contributed by atoms with Gasteiger partial charge in [0, 0.05) is 13.2 Å². The zero-order chi connectivity index (χ0) is 10.7. The molecule has 0 aromatic heterocycles. The Morgan fingerprint density at radius 2 is 2.00 bits per heavy atom. The molecule has 1 atom stereocenters. The summed E-state index contributed by atoms with van der Waals surface area (Å²) in [5.74, 6) is -0.291. The predicted molar refractivity (Wildman–Crippen MR) is 51.1 cm³/mol. The van der Waals surface area contributed by atoms with Crippen LogP contribution in [-0.4, -0.2) is 49.7 Å². The highest BCUT2D eigenvalue weighted by atomic mass is 16.6. The number of cyclic esters (lactones) is 2. The summed E-state index contributed by atoms with van der Waals surface area (Å²) in [6.07, 6.45) is 2.08. The average molecular weight is 213 g/mol. The number of carbonyl (C=O) groups excluding carboxylic acids is 2. The molecule has 0 N–H and O–H groups in total. The summed E-state index contributed by atoms with van der Waals surface area (Å²) in [7, 11) is 0. The first kappa shape index (κ1) is 10.6. The lowest BCUT2D eigenvalue weighted by atomic mass is 10.0. The van der Waals surface area contributed by atoms with Crippen LogP contribution in [-0.2, 0) is 19.1 Å². The maximum Gasteiger partial charge on any atom is 0.327 e. The van der Waals surface area contributed by atoms with E-state index in [0.29, 0.717) is 5.92 Å². The van der Waals surface area contributed by atoms with Crippen molar-refractivity contribution in [3.05, 3.63) is 0 Å². The number of carbonyl (C=O) groups is 2.